The van der Waals surface area contributed by atoms with Crippen molar-refractivity contribution in [2.24, 2.45) is 0 Å². The first kappa shape index (κ1) is 27.4. The maximum absolute atomic E-state index is 12.9. The van der Waals surface area contributed by atoms with Crippen LogP contribution in [-0.4, -0.2) is 29.7 Å². The lowest BCUT2D eigenvalue weighted by Gasteiger charge is -2.36. The summed E-state index contributed by atoms with van der Waals surface area (Å²) in [7, 11) is 0. The Hall–Kier alpha value is -3.60. The molecular formula is C33H39NO4. The van der Waals surface area contributed by atoms with Crippen molar-refractivity contribution in [3.63, 3.8) is 0 Å². The fraction of sp³-hybridized carbons (Fsp3) is 0.394. The molecule has 0 radical (unpaired) electrons. The first-order valence-corrected chi connectivity index (χ1v) is 13.9. The third-order valence-corrected chi connectivity index (χ3v) is 7.02. The van der Waals surface area contributed by atoms with Gasteiger partial charge in [0.05, 0.1) is 12.6 Å². The molecule has 1 saturated heterocycles. The molecule has 4 rings (SSSR count). The van der Waals surface area contributed by atoms with Crippen LogP contribution in [0.15, 0.2) is 78.9 Å². The number of hydrogen-bond donors (Lipinski definition) is 0. The topological polar surface area (TPSA) is 55.8 Å². The van der Waals surface area contributed by atoms with E-state index in [9.17, 15) is 9.59 Å². The van der Waals surface area contributed by atoms with Gasteiger partial charge in [0.15, 0.2) is 0 Å². The van der Waals surface area contributed by atoms with Gasteiger partial charge in [0.2, 0.25) is 5.91 Å². The van der Waals surface area contributed by atoms with E-state index in [1.54, 1.807) is 0 Å². The normalized spacial score (nSPS) is 15.3. The van der Waals surface area contributed by atoms with Crippen LogP contribution in [0.5, 0.6) is 11.5 Å². The number of nitrogens with zero attached hydrogens (tertiary/aromatic N) is 1. The van der Waals surface area contributed by atoms with Gasteiger partial charge in [-0.05, 0) is 55.4 Å². The average molecular weight is 514 g/mol. The number of aryl methyl sites for hydroxylation is 1. The van der Waals surface area contributed by atoms with Gasteiger partial charge >= 0.3 is 0 Å². The van der Waals surface area contributed by atoms with Crippen LogP contribution in [0.1, 0.15) is 74.6 Å². The van der Waals surface area contributed by atoms with Crippen molar-refractivity contribution >= 4 is 11.7 Å². The minimum absolute atomic E-state index is 0.0924. The Bertz CT molecular complexity index is 1160. The fourth-order valence-electron chi connectivity index (χ4n) is 4.95. The molecule has 1 aliphatic heterocycles. The molecule has 200 valence electrons. The molecule has 0 aromatic heterocycles. The van der Waals surface area contributed by atoms with Gasteiger partial charge in [-0.15, -0.1) is 0 Å². The summed E-state index contributed by atoms with van der Waals surface area (Å²) >= 11 is 0. The fourth-order valence-corrected chi connectivity index (χ4v) is 4.95. The van der Waals surface area contributed by atoms with Gasteiger partial charge in [-0.3, -0.25) is 9.59 Å². The number of benzene rings is 3. The molecule has 1 atom stereocenters. The minimum Gasteiger partial charge on any atom is -0.493 e. The minimum atomic E-state index is -0.312. The second-order valence-electron chi connectivity index (χ2n) is 9.96. The van der Waals surface area contributed by atoms with Crippen LogP contribution in [0.2, 0.25) is 0 Å². The number of unbranched alkanes of at least 4 members (excludes halogenated alkanes) is 2. The Balaban J connectivity index is 1.44. The van der Waals surface area contributed by atoms with E-state index in [0.717, 1.165) is 49.0 Å². The Labute approximate surface area is 226 Å². The van der Waals surface area contributed by atoms with E-state index < -0.39 is 0 Å². The third-order valence-electron chi connectivity index (χ3n) is 7.02. The number of Topliss-reactive ketones (excluding diaryl/α,β-unsaturated/α-hetero) is 1. The summed E-state index contributed by atoms with van der Waals surface area (Å²) in [5, 5.41) is 0. The van der Waals surface area contributed by atoms with Crippen LogP contribution < -0.4 is 9.47 Å². The predicted molar refractivity (Wildman–Crippen MR) is 150 cm³/mol. The number of ether oxygens (including phenoxy) is 2. The summed E-state index contributed by atoms with van der Waals surface area (Å²) in [4.78, 5) is 27.2. The monoisotopic (exact) mass is 513 g/mol. The van der Waals surface area contributed by atoms with Crippen molar-refractivity contribution in [1.82, 2.24) is 4.90 Å². The van der Waals surface area contributed by atoms with Crippen molar-refractivity contribution in [1.29, 1.82) is 0 Å². The average Bonchev–Trinajstić information content (AvgIpc) is 2.95. The molecular weight excluding hydrogens is 474 g/mol. The standard InChI is InChI=1S/C33H39NO4/c1-2-12-33(36)34-21-20-28(35)23-31(34)30-19-18-29(24-32(30)38-25-27-16-8-4-9-17-27)37-22-11-5-10-15-26-13-6-3-7-14-26/h3-4,6-9,13-14,16-19,24,31H,2,5,10-12,15,20-23,25H2,1H3. The molecule has 38 heavy (non-hydrogen) atoms. The molecule has 1 fully saturated rings. The lowest BCUT2D eigenvalue weighted by Crippen LogP contribution is -2.41. The van der Waals surface area contributed by atoms with E-state index in [4.69, 9.17) is 9.47 Å². The summed E-state index contributed by atoms with van der Waals surface area (Å²) in [6.07, 6.45) is 6.29. The Morgan fingerprint density at radius 3 is 2.37 bits per heavy atom. The zero-order valence-corrected chi connectivity index (χ0v) is 22.4. The van der Waals surface area contributed by atoms with Crippen LogP contribution in [0, 0.1) is 0 Å². The molecule has 0 aliphatic carbocycles. The summed E-state index contributed by atoms with van der Waals surface area (Å²) in [6, 6.07) is 26.1. The van der Waals surface area contributed by atoms with Gasteiger partial charge in [-0.25, -0.2) is 0 Å². The summed E-state index contributed by atoms with van der Waals surface area (Å²) < 4.78 is 12.4. The zero-order chi connectivity index (χ0) is 26.6. The maximum atomic E-state index is 12.9. The summed E-state index contributed by atoms with van der Waals surface area (Å²) in [5.74, 6) is 1.69. The molecule has 1 heterocycles. The maximum Gasteiger partial charge on any atom is 0.223 e. The molecule has 1 amide bonds. The van der Waals surface area contributed by atoms with Gasteiger partial charge in [0, 0.05) is 37.4 Å². The third kappa shape index (κ3) is 7.95. The SMILES string of the molecule is CCCC(=O)N1CCC(=O)CC1c1ccc(OCCCCCc2ccccc2)cc1OCc1ccccc1. The number of hydrogen-bond acceptors (Lipinski definition) is 4. The molecule has 5 nitrogen and oxygen atoms in total. The highest BCUT2D eigenvalue weighted by atomic mass is 16.5. The van der Waals surface area contributed by atoms with E-state index in [2.05, 4.69) is 24.3 Å². The van der Waals surface area contributed by atoms with Crippen LogP contribution in [0.25, 0.3) is 0 Å². The van der Waals surface area contributed by atoms with E-state index in [0.29, 0.717) is 44.8 Å². The number of rotatable bonds is 13. The van der Waals surface area contributed by atoms with Crippen LogP contribution in [-0.2, 0) is 22.6 Å². The van der Waals surface area contributed by atoms with Crippen molar-refractivity contribution in [3.8, 4) is 11.5 Å². The van der Waals surface area contributed by atoms with Crippen molar-refractivity contribution in [2.45, 2.75) is 70.9 Å². The van der Waals surface area contributed by atoms with Crippen molar-refractivity contribution < 1.29 is 19.1 Å². The highest BCUT2D eigenvalue weighted by molar-refractivity contribution is 5.84. The predicted octanol–water partition coefficient (Wildman–Crippen LogP) is 7.09. The number of carbonyl (C=O) groups excluding carboxylic acids is 2. The smallest absolute Gasteiger partial charge is 0.223 e. The van der Waals surface area contributed by atoms with Crippen LogP contribution >= 0.6 is 0 Å². The zero-order valence-electron chi connectivity index (χ0n) is 22.4. The van der Waals surface area contributed by atoms with E-state index in [-0.39, 0.29) is 17.7 Å². The number of piperidine rings is 1. The number of amides is 1. The molecule has 3 aromatic rings. The first-order valence-electron chi connectivity index (χ1n) is 13.9. The molecule has 1 unspecified atom stereocenters. The largest absolute Gasteiger partial charge is 0.493 e. The highest BCUT2D eigenvalue weighted by Gasteiger charge is 2.33. The lowest BCUT2D eigenvalue weighted by atomic mass is 9.93. The van der Waals surface area contributed by atoms with Gasteiger partial charge in [-0.2, -0.15) is 0 Å². The van der Waals surface area contributed by atoms with Gasteiger partial charge in [-0.1, -0.05) is 67.6 Å². The molecule has 0 bridgehead atoms. The summed E-state index contributed by atoms with van der Waals surface area (Å²) in [5.41, 5.74) is 3.30. The molecule has 1 aliphatic rings. The number of carbonyl (C=O) groups is 2. The molecule has 0 spiro atoms. The summed E-state index contributed by atoms with van der Waals surface area (Å²) in [6.45, 7) is 3.50. The van der Waals surface area contributed by atoms with Crippen LogP contribution in [0.4, 0.5) is 0 Å². The number of likely N-dealkylation sites (tertiary alicyclic amines) is 1. The Morgan fingerprint density at radius 1 is 0.895 bits per heavy atom. The molecule has 5 heteroatoms. The van der Waals surface area contributed by atoms with E-state index in [1.165, 1.54) is 5.56 Å². The lowest BCUT2D eigenvalue weighted by molar-refractivity contribution is -0.138. The second kappa shape index (κ2) is 14.4. The van der Waals surface area contributed by atoms with Gasteiger partial charge < -0.3 is 14.4 Å². The molecule has 3 aromatic carbocycles. The Morgan fingerprint density at radius 2 is 1.63 bits per heavy atom. The first-order chi connectivity index (χ1) is 18.6. The van der Waals surface area contributed by atoms with Gasteiger partial charge in [0.1, 0.15) is 23.9 Å². The second-order valence-corrected chi connectivity index (χ2v) is 9.96. The molecule has 0 N–H and O–H groups in total. The molecule has 0 saturated carbocycles. The van der Waals surface area contributed by atoms with E-state index >= 15 is 0 Å². The van der Waals surface area contributed by atoms with Crippen molar-refractivity contribution in [3.05, 3.63) is 95.6 Å². The van der Waals surface area contributed by atoms with Crippen LogP contribution in [0.3, 0.4) is 0 Å². The van der Waals surface area contributed by atoms with Crippen molar-refractivity contribution in [2.75, 3.05) is 13.2 Å². The number of ketones is 1. The van der Waals surface area contributed by atoms with Gasteiger partial charge in [0.25, 0.3) is 0 Å². The quantitative estimate of drug-likeness (QED) is 0.229. The Kier molecular flexibility index (Phi) is 10.4. The van der Waals surface area contributed by atoms with E-state index in [1.807, 2.05) is 66.4 Å². The highest BCUT2D eigenvalue weighted by Crippen LogP contribution is 2.38.